The number of ether oxygens (including phenoxy) is 2. The Labute approximate surface area is 106 Å². The van der Waals surface area contributed by atoms with Crippen molar-refractivity contribution in [2.45, 2.75) is 52.4 Å². The summed E-state index contributed by atoms with van der Waals surface area (Å²) in [6.07, 6.45) is 0.707. The minimum atomic E-state index is -0.428. The van der Waals surface area contributed by atoms with Crippen LogP contribution in [0.4, 0.5) is 0 Å². The third-order valence-electron chi connectivity index (χ3n) is 3.04. The molecule has 17 heavy (non-hydrogen) atoms. The van der Waals surface area contributed by atoms with E-state index in [4.69, 9.17) is 9.47 Å². The summed E-state index contributed by atoms with van der Waals surface area (Å²) in [5, 5.41) is 9.90. The van der Waals surface area contributed by atoms with Gasteiger partial charge in [0, 0.05) is 19.7 Å². The van der Waals surface area contributed by atoms with Crippen LogP contribution in [-0.4, -0.2) is 61.7 Å². The van der Waals surface area contributed by atoms with E-state index < -0.39 is 6.10 Å². The van der Waals surface area contributed by atoms with Crippen LogP contribution in [0.5, 0.6) is 0 Å². The first-order chi connectivity index (χ1) is 8.04. The monoisotopic (exact) mass is 247 g/mol. The van der Waals surface area contributed by atoms with Crippen molar-refractivity contribution in [2.75, 3.05) is 33.4 Å². The summed E-state index contributed by atoms with van der Waals surface area (Å²) in [5.74, 6) is 0. The molecule has 0 aromatic carbocycles. The fourth-order valence-corrected chi connectivity index (χ4v) is 1.76. The van der Waals surface area contributed by atoms with E-state index in [-0.39, 0.29) is 6.10 Å². The molecule has 0 saturated carbocycles. The van der Waals surface area contributed by atoms with Crippen molar-refractivity contribution in [1.29, 1.82) is 0 Å². The highest BCUT2D eigenvalue weighted by molar-refractivity contribution is 4.69. The second-order valence-electron chi connectivity index (χ2n) is 4.60. The number of likely N-dealkylation sites (N-methyl/N-ethyl adjacent to an activating group) is 1. The lowest BCUT2D eigenvalue weighted by molar-refractivity contribution is -0.0420. The van der Waals surface area contributed by atoms with E-state index in [1.165, 1.54) is 0 Å². The van der Waals surface area contributed by atoms with Crippen LogP contribution in [0.1, 0.15) is 34.1 Å². The molecule has 0 bridgehead atoms. The zero-order chi connectivity index (χ0) is 13.3. The molecule has 0 saturated heterocycles. The standard InChI is InChI=1S/C13H29NO3/c1-6-11(3)14(7-2)8-13(15)10-17-12(4)9-16-5/h11-13,15H,6-10H2,1-5H3. The van der Waals surface area contributed by atoms with Gasteiger partial charge >= 0.3 is 0 Å². The largest absolute Gasteiger partial charge is 0.389 e. The van der Waals surface area contributed by atoms with Gasteiger partial charge in [0.15, 0.2) is 0 Å². The van der Waals surface area contributed by atoms with Crippen molar-refractivity contribution >= 4 is 0 Å². The smallest absolute Gasteiger partial charge is 0.0900 e. The van der Waals surface area contributed by atoms with Crippen LogP contribution in [0.3, 0.4) is 0 Å². The Morgan fingerprint density at radius 1 is 1.18 bits per heavy atom. The number of methoxy groups -OCH3 is 1. The van der Waals surface area contributed by atoms with Gasteiger partial charge in [-0.3, -0.25) is 4.90 Å². The molecule has 0 spiro atoms. The Bertz CT molecular complexity index is 178. The molecule has 0 aliphatic rings. The molecule has 4 heteroatoms. The van der Waals surface area contributed by atoms with Crippen molar-refractivity contribution in [3.63, 3.8) is 0 Å². The molecule has 0 rings (SSSR count). The maximum atomic E-state index is 9.90. The zero-order valence-corrected chi connectivity index (χ0v) is 12.0. The molecule has 0 radical (unpaired) electrons. The van der Waals surface area contributed by atoms with E-state index in [1.54, 1.807) is 7.11 Å². The first-order valence-electron chi connectivity index (χ1n) is 6.57. The average Bonchev–Trinajstić information content (AvgIpc) is 2.32. The maximum absolute atomic E-state index is 9.90. The van der Waals surface area contributed by atoms with Crippen molar-refractivity contribution < 1.29 is 14.6 Å². The summed E-state index contributed by atoms with van der Waals surface area (Å²) in [7, 11) is 1.65. The van der Waals surface area contributed by atoms with Gasteiger partial charge in [-0.2, -0.15) is 0 Å². The van der Waals surface area contributed by atoms with E-state index in [1.807, 2.05) is 6.92 Å². The molecule has 3 unspecified atom stereocenters. The number of rotatable bonds is 10. The minimum Gasteiger partial charge on any atom is -0.389 e. The molecule has 3 atom stereocenters. The summed E-state index contributed by atoms with van der Waals surface area (Å²) < 4.78 is 10.5. The van der Waals surface area contributed by atoms with E-state index in [9.17, 15) is 5.11 Å². The fourth-order valence-electron chi connectivity index (χ4n) is 1.76. The molecule has 1 N–H and O–H groups in total. The topological polar surface area (TPSA) is 41.9 Å². The lowest BCUT2D eigenvalue weighted by atomic mass is 10.2. The first kappa shape index (κ1) is 16.8. The van der Waals surface area contributed by atoms with Crippen molar-refractivity contribution in [3.05, 3.63) is 0 Å². The highest BCUT2D eigenvalue weighted by Crippen LogP contribution is 2.05. The Hall–Kier alpha value is -0.160. The summed E-state index contributed by atoms with van der Waals surface area (Å²) in [4.78, 5) is 2.27. The maximum Gasteiger partial charge on any atom is 0.0900 e. The van der Waals surface area contributed by atoms with Gasteiger partial charge in [-0.05, 0) is 26.8 Å². The number of hydrogen-bond donors (Lipinski definition) is 1. The highest BCUT2D eigenvalue weighted by atomic mass is 16.5. The second-order valence-corrected chi connectivity index (χ2v) is 4.60. The molecule has 104 valence electrons. The van der Waals surface area contributed by atoms with Gasteiger partial charge in [-0.15, -0.1) is 0 Å². The predicted molar refractivity (Wildman–Crippen MR) is 70.3 cm³/mol. The first-order valence-corrected chi connectivity index (χ1v) is 6.57. The van der Waals surface area contributed by atoms with Gasteiger partial charge in [0.1, 0.15) is 0 Å². The van der Waals surface area contributed by atoms with E-state index >= 15 is 0 Å². The normalized spacial score (nSPS) is 17.1. The minimum absolute atomic E-state index is 0.0355. The summed E-state index contributed by atoms with van der Waals surface area (Å²) in [6.45, 7) is 11.0. The lowest BCUT2D eigenvalue weighted by Crippen LogP contribution is -2.40. The van der Waals surface area contributed by atoms with Gasteiger partial charge in [-0.25, -0.2) is 0 Å². The lowest BCUT2D eigenvalue weighted by Gasteiger charge is -2.29. The van der Waals surface area contributed by atoms with E-state index in [0.717, 1.165) is 13.0 Å². The number of aliphatic hydroxyl groups excluding tert-OH is 1. The van der Waals surface area contributed by atoms with Crippen molar-refractivity contribution in [1.82, 2.24) is 4.90 Å². The molecule has 0 aliphatic heterocycles. The van der Waals surface area contributed by atoms with E-state index in [2.05, 4.69) is 25.7 Å². The molecule has 0 heterocycles. The van der Waals surface area contributed by atoms with Crippen molar-refractivity contribution in [3.8, 4) is 0 Å². The molecule has 0 amide bonds. The molecule has 4 nitrogen and oxygen atoms in total. The van der Waals surface area contributed by atoms with Crippen LogP contribution in [0.2, 0.25) is 0 Å². The Kier molecular flexibility index (Phi) is 9.74. The van der Waals surface area contributed by atoms with Gasteiger partial charge in [0.25, 0.3) is 0 Å². The van der Waals surface area contributed by atoms with Gasteiger partial charge < -0.3 is 14.6 Å². The fraction of sp³-hybridized carbons (Fsp3) is 1.00. The molecule has 0 aromatic heterocycles. The SMILES string of the molecule is CCC(C)N(CC)CC(O)COC(C)COC. The predicted octanol–water partition coefficient (Wildman–Crippen LogP) is 1.52. The Morgan fingerprint density at radius 2 is 1.82 bits per heavy atom. The number of nitrogens with zero attached hydrogens (tertiary/aromatic N) is 1. The zero-order valence-electron chi connectivity index (χ0n) is 12.0. The number of hydrogen-bond acceptors (Lipinski definition) is 4. The second kappa shape index (κ2) is 9.83. The van der Waals surface area contributed by atoms with Crippen LogP contribution in [-0.2, 0) is 9.47 Å². The Balaban J connectivity index is 3.86. The third kappa shape index (κ3) is 7.71. The highest BCUT2D eigenvalue weighted by Gasteiger charge is 2.15. The van der Waals surface area contributed by atoms with E-state index in [0.29, 0.717) is 25.8 Å². The van der Waals surface area contributed by atoms with Gasteiger partial charge in [-0.1, -0.05) is 13.8 Å². The molecule has 0 aliphatic carbocycles. The van der Waals surface area contributed by atoms with Gasteiger partial charge in [0.05, 0.1) is 25.4 Å². The molecule has 0 fully saturated rings. The van der Waals surface area contributed by atoms with Crippen LogP contribution < -0.4 is 0 Å². The van der Waals surface area contributed by atoms with Crippen LogP contribution in [0, 0.1) is 0 Å². The van der Waals surface area contributed by atoms with Gasteiger partial charge in [0.2, 0.25) is 0 Å². The summed E-state index contributed by atoms with van der Waals surface area (Å²) >= 11 is 0. The Morgan fingerprint density at radius 3 is 2.29 bits per heavy atom. The van der Waals surface area contributed by atoms with Crippen LogP contribution in [0.15, 0.2) is 0 Å². The molecular formula is C13H29NO3. The van der Waals surface area contributed by atoms with Crippen molar-refractivity contribution in [2.24, 2.45) is 0 Å². The number of aliphatic hydroxyl groups is 1. The molecule has 0 aromatic rings. The third-order valence-corrected chi connectivity index (χ3v) is 3.04. The van der Waals surface area contributed by atoms with Crippen LogP contribution in [0.25, 0.3) is 0 Å². The van der Waals surface area contributed by atoms with Crippen LogP contribution >= 0.6 is 0 Å². The average molecular weight is 247 g/mol. The molecular weight excluding hydrogens is 218 g/mol. The quantitative estimate of drug-likeness (QED) is 0.635. The summed E-state index contributed by atoms with van der Waals surface area (Å²) in [6, 6.07) is 0.506. The summed E-state index contributed by atoms with van der Waals surface area (Å²) in [5.41, 5.74) is 0.